The molecule has 0 aliphatic heterocycles. The largest absolute Gasteiger partial charge is 0.416 e. The second-order valence-corrected chi connectivity index (χ2v) is 3.14. The second-order valence-electron chi connectivity index (χ2n) is 3.14. The first kappa shape index (κ1) is 12.7. The van der Waals surface area contributed by atoms with E-state index in [1.165, 1.54) is 12.1 Å². The molecule has 0 spiro atoms. The van der Waals surface area contributed by atoms with E-state index in [1.807, 2.05) is 0 Å². The Morgan fingerprint density at radius 3 is 2.62 bits per heavy atom. The van der Waals surface area contributed by atoms with Crippen LogP contribution in [-0.4, -0.2) is 19.0 Å². The van der Waals surface area contributed by atoms with E-state index in [2.05, 4.69) is 0 Å². The van der Waals surface area contributed by atoms with Gasteiger partial charge < -0.3 is 4.74 Å². The third-order valence-electron chi connectivity index (χ3n) is 1.95. The van der Waals surface area contributed by atoms with E-state index in [4.69, 9.17) is 4.74 Å². The molecule has 0 saturated heterocycles. The number of ketones is 1. The third-order valence-corrected chi connectivity index (χ3v) is 1.95. The number of benzene rings is 1. The van der Waals surface area contributed by atoms with Gasteiger partial charge in [-0.25, -0.2) is 0 Å². The molecular formula is C11H11F3O2. The zero-order valence-corrected chi connectivity index (χ0v) is 8.67. The molecule has 0 amide bonds. The Kier molecular flexibility index (Phi) is 4.06. The average Bonchev–Trinajstić information content (AvgIpc) is 2.25. The second kappa shape index (κ2) is 5.12. The topological polar surface area (TPSA) is 26.3 Å². The number of alkyl halides is 3. The lowest BCUT2D eigenvalue weighted by Crippen LogP contribution is -2.11. The maximum absolute atomic E-state index is 12.3. The quantitative estimate of drug-likeness (QED) is 0.746. The van der Waals surface area contributed by atoms with Crippen molar-refractivity contribution in [3.8, 4) is 0 Å². The van der Waals surface area contributed by atoms with Crippen molar-refractivity contribution < 1.29 is 22.7 Å². The molecule has 1 aromatic rings. The molecular weight excluding hydrogens is 221 g/mol. The first-order valence-electron chi connectivity index (χ1n) is 4.73. The summed E-state index contributed by atoms with van der Waals surface area (Å²) in [6.07, 6.45) is -4.43. The Labute approximate surface area is 91.0 Å². The molecule has 2 nitrogen and oxygen atoms in total. The molecule has 0 aromatic heterocycles. The molecule has 0 bridgehead atoms. The van der Waals surface area contributed by atoms with Crippen LogP contribution in [0.4, 0.5) is 13.2 Å². The van der Waals surface area contributed by atoms with Crippen molar-refractivity contribution in [3.63, 3.8) is 0 Å². The highest BCUT2D eigenvalue weighted by molar-refractivity contribution is 5.97. The van der Waals surface area contributed by atoms with Gasteiger partial charge in [-0.3, -0.25) is 4.79 Å². The normalized spacial score (nSPS) is 11.5. The zero-order valence-electron chi connectivity index (χ0n) is 8.67. The van der Waals surface area contributed by atoms with E-state index in [0.29, 0.717) is 6.61 Å². The summed E-state index contributed by atoms with van der Waals surface area (Å²) < 4.78 is 41.9. The van der Waals surface area contributed by atoms with Crippen LogP contribution in [0.25, 0.3) is 0 Å². The lowest BCUT2D eigenvalue weighted by Gasteiger charge is -2.08. The molecule has 0 radical (unpaired) electrons. The highest BCUT2D eigenvalue weighted by Crippen LogP contribution is 2.29. The fourth-order valence-electron chi connectivity index (χ4n) is 1.15. The molecule has 0 unspecified atom stereocenters. The standard InChI is InChI=1S/C11H11F3O2/c1-2-16-7-10(15)8-4-3-5-9(6-8)11(12,13)14/h3-6H,2,7H2,1H3. The predicted molar refractivity (Wildman–Crippen MR) is 52.3 cm³/mol. The predicted octanol–water partition coefficient (Wildman–Crippen LogP) is 2.92. The molecule has 0 heterocycles. The van der Waals surface area contributed by atoms with E-state index in [0.717, 1.165) is 12.1 Å². The Balaban J connectivity index is 2.86. The molecule has 0 aliphatic carbocycles. The van der Waals surface area contributed by atoms with Gasteiger partial charge in [-0.15, -0.1) is 0 Å². The molecule has 16 heavy (non-hydrogen) atoms. The summed E-state index contributed by atoms with van der Waals surface area (Å²) in [6, 6.07) is 4.32. The van der Waals surface area contributed by atoms with Crippen molar-refractivity contribution in [3.05, 3.63) is 35.4 Å². The van der Waals surface area contributed by atoms with Crippen LogP contribution in [0.2, 0.25) is 0 Å². The molecule has 1 aromatic carbocycles. The molecule has 0 N–H and O–H groups in total. The summed E-state index contributed by atoms with van der Waals surface area (Å²) in [5, 5.41) is 0. The summed E-state index contributed by atoms with van der Waals surface area (Å²) in [5.41, 5.74) is -0.807. The van der Waals surface area contributed by atoms with Crippen molar-refractivity contribution in [1.29, 1.82) is 0 Å². The van der Waals surface area contributed by atoms with Gasteiger partial charge in [0.1, 0.15) is 6.61 Å². The van der Waals surface area contributed by atoms with Crippen molar-refractivity contribution in [2.24, 2.45) is 0 Å². The Morgan fingerprint density at radius 1 is 1.38 bits per heavy atom. The Hall–Kier alpha value is -1.36. The maximum Gasteiger partial charge on any atom is 0.416 e. The van der Waals surface area contributed by atoms with Gasteiger partial charge in [-0.1, -0.05) is 12.1 Å². The van der Waals surface area contributed by atoms with Gasteiger partial charge in [0.15, 0.2) is 5.78 Å². The molecule has 0 aliphatic rings. The molecule has 0 fully saturated rings. The minimum absolute atomic E-state index is 0.0169. The molecule has 88 valence electrons. The highest BCUT2D eigenvalue weighted by atomic mass is 19.4. The van der Waals surface area contributed by atoms with Crippen molar-refractivity contribution in [1.82, 2.24) is 0 Å². The number of Topliss-reactive ketones (excluding diaryl/α,β-unsaturated/α-hetero) is 1. The molecule has 5 heteroatoms. The summed E-state index contributed by atoms with van der Waals surface area (Å²) >= 11 is 0. The van der Waals surface area contributed by atoms with Gasteiger partial charge in [0, 0.05) is 12.2 Å². The van der Waals surface area contributed by atoms with Gasteiger partial charge in [-0.2, -0.15) is 13.2 Å². The van der Waals surface area contributed by atoms with Crippen LogP contribution >= 0.6 is 0 Å². The monoisotopic (exact) mass is 232 g/mol. The van der Waals surface area contributed by atoms with E-state index >= 15 is 0 Å². The highest BCUT2D eigenvalue weighted by Gasteiger charge is 2.30. The lowest BCUT2D eigenvalue weighted by molar-refractivity contribution is -0.137. The van der Waals surface area contributed by atoms with Gasteiger partial charge >= 0.3 is 6.18 Å². The first-order valence-corrected chi connectivity index (χ1v) is 4.73. The summed E-state index contributed by atoms with van der Waals surface area (Å²) in [5.74, 6) is -0.451. The van der Waals surface area contributed by atoms with Gasteiger partial charge in [0.25, 0.3) is 0 Å². The van der Waals surface area contributed by atoms with E-state index in [1.54, 1.807) is 6.92 Å². The van der Waals surface area contributed by atoms with Gasteiger partial charge in [0.2, 0.25) is 0 Å². The lowest BCUT2D eigenvalue weighted by atomic mass is 10.1. The van der Waals surface area contributed by atoms with E-state index < -0.39 is 17.5 Å². The Bertz CT molecular complexity index is 372. The average molecular weight is 232 g/mol. The van der Waals surface area contributed by atoms with Crippen molar-refractivity contribution in [2.45, 2.75) is 13.1 Å². The molecule has 1 rings (SSSR count). The fourth-order valence-corrected chi connectivity index (χ4v) is 1.15. The van der Waals surface area contributed by atoms with Crippen LogP contribution < -0.4 is 0 Å². The number of hydrogen-bond acceptors (Lipinski definition) is 2. The van der Waals surface area contributed by atoms with Crippen molar-refractivity contribution >= 4 is 5.78 Å². The minimum Gasteiger partial charge on any atom is -0.374 e. The third kappa shape index (κ3) is 3.34. The molecule has 0 atom stereocenters. The summed E-state index contributed by atoms with van der Waals surface area (Å²) in [6.45, 7) is 1.86. The van der Waals surface area contributed by atoms with Crippen LogP contribution in [0.15, 0.2) is 24.3 Å². The van der Waals surface area contributed by atoms with E-state index in [-0.39, 0.29) is 12.2 Å². The first-order chi connectivity index (χ1) is 7.45. The van der Waals surface area contributed by atoms with Crippen LogP contribution in [0.3, 0.4) is 0 Å². The summed E-state index contributed by atoms with van der Waals surface area (Å²) in [7, 11) is 0. The molecule has 0 saturated carbocycles. The maximum atomic E-state index is 12.3. The van der Waals surface area contributed by atoms with E-state index in [9.17, 15) is 18.0 Å². The zero-order chi connectivity index (χ0) is 12.2. The van der Waals surface area contributed by atoms with Crippen LogP contribution in [0.5, 0.6) is 0 Å². The Morgan fingerprint density at radius 2 is 2.06 bits per heavy atom. The SMILES string of the molecule is CCOCC(=O)c1cccc(C(F)(F)F)c1. The number of hydrogen-bond donors (Lipinski definition) is 0. The number of carbonyl (C=O) groups excluding carboxylic acids is 1. The smallest absolute Gasteiger partial charge is 0.374 e. The van der Waals surface area contributed by atoms with Crippen LogP contribution in [0.1, 0.15) is 22.8 Å². The summed E-state index contributed by atoms with van der Waals surface area (Å²) in [4.78, 5) is 11.4. The van der Waals surface area contributed by atoms with Crippen LogP contribution in [-0.2, 0) is 10.9 Å². The number of rotatable bonds is 4. The van der Waals surface area contributed by atoms with Crippen molar-refractivity contribution in [2.75, 3.05) is 13.2 Å². The van der Waals surface area contributed by atoms with Crippen LogP contribution in [0, 0.1) is 0 Å². The minimum atomic E-state index is -4.43. The van der Waals surface area contributed by atoms with Gasteiger partial charge in [-0.05, 0) is 19.1 Å². The number of ether oxygens (including phenoxy) is 1. The van der Waals surface area contributed by atoms with Gasteiger partial charge in [0.05, 0.1) is 5.56 Å². The fraction of sp³-hybridized carbons (Fsp3) is 0.364. The number of halogens is 3. The number of carbonyl (C=O) groups is 1.